The molecule has 0 heterocycles. The van der Waals surface area contributed by atoms with Gasteiger partial charge in [-0.25, -0.2) is 0 Å². The maximum absolute atomic E-state index is 5.82. The number of ether oxygens (including phenoxy) is 1. The van der Waals surface area contributed by atoms with Crippen molar-refractivity contribution in [3.8, 4) is 5.75 Å². The van der Waals surface area contributed by atoms with Crippen molar-refractivity contribution in [2.45, 2.75) is 12.8 Å². The minimum atomic E-state index is 0.673. The molecule has 0 saturated heterocycles. The van der Waals surface area contributed by atoms with Crippen LogP contribution in [0.1, 0.15) is 12.0 Å². The van der Waals surface area contributed by atoms with Gasteiger partial charge in [-0.15, -0.1) is 13.2 Å². The number of allylic oxidation sites excluding steroid dienone is 1. The number of hydrogen-bond acceptors (Lipinski definition) is 1. The van der Waals surface area contributed by atoms with Gasteiger partial charge in [0.1, 0.15) is 5.75 Å². The summed E-state index contributed by atoms with van der Waals surface area (Å²) in [4.78, 5) is 0. The maximum Gasteiger partial charge on any atom is 0.123 e. The summed E-state index contributed by atoms with van der Waals surface area (Å²) in [6, 6.07) is 12.5. The summed E-state index contributed by atoms with van der Waals surface area (Å²) in [5, 5.41) is 2.49. The molecule has 2 rings (SSSR count). The van der Waals surface area contributed by atoms with Crippen LogP contribution >= 0.6 is 0 Å². The highest BCUT2D eigenvalue weighted by Gasteiger charge is 2.06. The van der Waals surface area contributed by atoms with E-state index in [2.05, 4.69) is 43.5 Å². The van der Waals surface area contributed by atoms with E-state index >= 15 is 0 Å². The van der Waals surface area contributed by atoms with Crippen molar-refractivity contribution >= 4 is 10.8 Å². The normalized spacial score (nSPS) is 10.2. The summed E-state index contributed by atoms with van der Waals surface area (Å²) in [6.07, 6.45) is 5.47. The van der Waals surface area contributed by atoms with Crippen LogP contribution in [-0.4, -0.2) is 6.61 Å². The predicted molar refractivity (Wildman–Crippen MR) is 78.2 cm³/mol. The Morgan fingerprint density at radius 1 is 1.00 bits per heavy atom. The van der Waals surface area contributed by atoms with Gasteiger partial charge >= 0.3 is 0 Å². The summed E-state index contributed by atoms with van der Waals surface area (Å²) >= 11 is 0. The molecule has 0 amide bonds. The molecule has 18 heavy (non-hydrogen) atoms. The lowest BCUT2D eigenvalue weighted by atomic mass is 10.0. The topological polar surface area (TPSA) is 9.23 Å². The molecule has 0 aliphatic carbocycles. The van der Waals surface area contributed by atoms with Gasteiger partial charge in [-0.2, -0.15) is 0 Å². The molecule has 0 atom stereocenters. The number of fused-ring (bicyclic) bond motifs is 1. The van der Waals surface area contributed by atoms with Crippen molar-refractivity contribution in [2.75, 3.05) is 6.61 Å². The minimum Gasteiger partial charge on any atom is -0.493 e. The molecule has 92 valence electrons. The highest BCUT2D eigenvalue weighted by atomic mass is 16.5. The Bertz CT molecular complexity index is 555. The van der Waals surface area contributed by atoms with Gasteiger partial charge in [0.25, 0.3) is 0 Å². The molecule has 0 aromatic heterocycles. The highest BCUT2D eigenvalue weighted by molar-refractivity contribution is 5.87. The van der Waals surface area contributed by atoms with Crippen molar-refractivity contribution in [1.82, 2.24) is 0 Å². The van der Waals surface area contributed by atoms with Gasteiger partial charge in [0.15, 0.2) is 0 Å². The standard InChI is InChI=1S/C17H18O/c1-3-5-13-18-17-12-11-14-9-6-7-10-15(14)16(17)8-4-2/h3-4,6-7,9-12H,1-2,5,8,13H2. The number of rotatable bonds is 6. The van der Waals surface area contributed by atoms with Gasteiger partial charge in [-0.3, -0.25) is 0 Å². The van der Waals surface area contributed by atoms with Crippen LogP contribution in [0.2, 0.25) is 0 Å². The van der Waals surface area contributed by atoms with Crippen LogP contribution < -0.4 is 4.74 Å². The molecule has 0 spiro atoms. The molecule has 0 bridgehead atoms. The molecule has 1 heteroatoms. The van der Waals surface area contributed by atoms with E-state index in [1.807, 2.05) is 18.2 Å². The Morgan fingerprint density at radius 3 is 2.61 bits per heavy atom. The first-order valence-electron chi connectivity index (χ1n) is 6.22. The highest BCUT2D eigenvalue weighted by Crippen LogP contribution is 2.28. The van der Waals surface area contributed by atoms with Gasteiger partial charge in [0, 0.05) is 5.56 Å². The quantitative estimate of drug-likeness (QED) is 0.531. The molecule has 0 aliphatic rings. The van der Waals surface area contributed by atoms with E-state index in [-0.39, 0.29) is 0 Å². The lowest BCUT2D eigenvalue weighted by Crippen LogP contribution is -1.99. The summed E-state index contributed by atoms with van der Waals surface area (Å²) in [5.74, 6) is 0.954. The zero-order valence-corrected chi connectivity index (χ0v) is 10.6. The van der Waals surface area contributed by atoms with E-state index in [9.17, 15) is 0 Å². The second-order valence-corrected chi connectivity index (χ2v) is 4.18. The average Bonchev–Trinajstić information content (AvgIpc) is 2.41. The van der Waals surface area contributed by atoms with E-state index in [0.717, 1.165) is 18.6 Å². The molecule has 0 aliphatic heterocycles. The summed E-state index contributed by atoms with van der Waals surface area (Å²) < 4.78 is 5.82. The smallest absolute Gasteiger partial charge is 0.123 e. The molecule has 0 unspecified atom stereocenters. The van der Waals surface area contributed by atoms with Crippen LogP contribution in [0.5, 0.6) is 5.75 Å². The first-order chi connectivity index (χ1) is 8.86. The van der Waals surface area contributed by atoms with Gasteiger partial charge in [0.2, 0.25) is 0 Å². The minimum absolute atomic E-state index is 0.673. The van der Waals surface area contributed by atoms with Gasteiger partial charge in [0.05, 0.1) is 6.61 Å². The second kappa shape index (κ2) is 6.06. The Kier molecular flexibility index (Phi) is 4.19. The molecule has 2 aromatic rings. The fraction of sp³-hybridized carbons (Fsp3) is 0.176. The van der Waals surface area contributed by atoms with E-state index in [0.29, 0.717) is 6.61 Å². The van der Waals surface area contributed by atoms with Crippen molar-refractivity contribution in [3.05, 3.63) is 67.3 Å². The molecule has 0 radical (unpaired) electrons. The van der Waals surface area contributed by atoms with Crippen molar-refractivity contribution in [1.29, 1.82) is 0 Å². The van der Waals surface area contributed by atoms with E-state index in [1.54, 1.807) is 0 Å². The second-order valence-electron chi connectivity index (χ2n) is 4.18. The van der Waals surface area contributed by atoms with Gasteiger partial charge in [-0.05, 0) is 29.7 Å². The fourth-order valence-corrected chi connectivity index (χ4v) is 2.06. The van der Waals surface area contributed by atoms with Crippen LogP contribution in [0, 0.1) is 0 Å². The summed E-state index contributed by atoms with van der Waals surface area (Å²) in [6.45, 7) is 8.21. The van der Waals surface area contributed by atoms with Crippen LogP contribution in [0.3, 0.4) is 0 Å². The number of hydrogen-bond donors (Lipinski definition) is 0. The monoisotopic (exact) mass is 238 g/mol. The lowest BCUT2D eigenvalue weighted by Gasteiger charge is -2.12. The Morgan fingerprint density at radius 2 is 1.83 bits per heavy atom. The predicted octanol–water partition coefficient (Wildman–Crippen LogP) is 4.52. The first kappa shape index (κ1) is 12.4. The third kappa shape index (κ3) is 2.62. The average molecular weight is 238 g/mol. The van der Waals surface area contributed by atoms with Gasteiger partial charge in [-0.1, -0.05) is 42.5 Å². The van der Waals surface area contributed by atoms with Gasteiger partial charge < -0.3 is 4.74 Å². The summed E-state index contributed by atoms with van der Waals surface area (Å²) in [7, 11) is 0. The zero-order valence-electron chi connectivity index (χ0n) is 10.6. The molecular weight excluding hydrogens is 220 g/mol. The van der Waals surface area contributed by atoms with Crippen LogP contribution in [-0.2, 0) is 6.42 Å². The first-order valence-corrected chi connectivity index (χ1v) is 6.22. The molecule has 1 nitrogen and oxygen atoms in total. The Hall–Kier alpha value is -2.02. The largest absolute Gasteiger partial charge is 0.493 e. The Balaban J connectivity index is 2.41. The third-order valence-electron chi connectivity index (χ3n) is 2.93. The van der Waals surface area contributed by atoms with Crippen LogP contribution in [0.4, 0.5) is 0 Å². The molecule has 2 aromatic carbocycles. The molecule has 0 saturated carbocycles. The molecular formula is C17H18O. The van der Waals surface area contributed by atoms with Crippen LogP contribution in [0.15, 0.2) is 61.7 Å². The van der Waals surface area contributed by atoms with E-state index in [1.165, 1.54) is 16.3 Å². The van der Waals surface area contributed by atoms with Crippen molar-refractivity contribution in [3.63, 3.8) is 0 Å². The Labute approximate surface area is 108 Å². The number of benzene rings is 2. The summed E-state index contributed by atoms with van der Waals surface area (Å²) in [5.41, 5.74) is 1.21. The van der Waals surface area contributed by atoms with Crippen molar-refractivity contribution < 1.29 is 4.74 Å². The zero-order chi connectivity index (χ0) is 12.8. The third-order valence-corrected chi connectivity index (χ3v) is 2.93. The lowest BCUT2D eigenvalue weighted by molar-refractivity contribution is 0.323. The fourth-order valence-electron chi connectivity index (χ4n) is 2.06. The van der Waals surface area contributed by atoms with Crippen LogP contribution in [0.25, 0.3) is 10.8 Å². The van der Waals surface area contributed by atoms with Crippen molar-refractivity contribution in [2.24, 2.45) is 0 Å². The molecule has 0 N–H and O–H groups in total. The maximum atomic E-state index is 5.82. The van der Waals surface area contributed by atoms with E-state index < -0.39 is 0 Å². The molecule has 0 fully saturated rings. The SMILES string of the molecule is C=CCCOc1ccc2ccccc2c1CC=C. The van der Waals surface area contributed by atoms with E-state index in [4.69, 9.17) is 4.74 Å².